The number of hydrogen-bond acceptors (Lipinski definition) is 0. The molecule has 0 N–H and O–H groups in total. The normalized spacial score (nSPS) is 22.3. The summed E-state index contributed by atoms with van der Waals surface area (Å²) in [4.78, 5) is 0. The number of benzene rings is 2. The molecule has 0 aliphatic heterocycles. The molecule has 2 heteroatoms. The molecule has 2 aromatic rings. The summed E-state index contributed by atoms with van der Waals surface area (Å²) in [5, 5.41) is 0. The Morgan fingerprint density at radius 3 is 2.37 bits per heavy atom. The van der Waals surface area contributed by atoms with E-state index in [2.05, 4.69) is 19.1 Å². The molecule has 0 saturated heterocycles. The van der Waals surface area contributed by atoms with Gasteiger partial charge in [0.2, 0.25) is 0 Å². The zero-order valence-electron chi connectivity index (χ0n) is 16.1. The van der Waals surface area contributed by atoms with Gasteiger partial charge in [-0.25, -0.2) is 8.78 Å². The van der Waals surface area contributed by atoms with Crippen LogP contribution in [0.1, 0.15) is 56.6 Å². The summed E-state index contributed by atoms with van der Waals surface area (Å²) in [5.74, 6) is 1.17. The van der Waals surface area contributed by atoms with Crippen molar-refractivity contribution < 1.29 is 8.78 Å². The number of hydrogen-bond donors (Lipinski definition) is 0. The van der Waals surface area contributed by atoms with Crippen LogP contribution in [0.3, 0.4) is 0 Å². The fourth-order valence-corrected chi connectivity index (χ4v) is 4.97. The van der Waals surface area contributed by atoms with Crippen LogP contribution in [0.5, 0.6) is 0 Å². The Bertz CT molecular complexity index is 824. The van der Waals surface area contributed by atoms with E-state index in [0.717, 1.165) is 29.0 Å². The lowest BCUT2D eigenvalue weighted by atomic mass is 9.74. The summed E-state index contributed by atoms with van der Waals surface area (Å²) in [6.45, 7) is 2.28. The minimum absolute atomic E-state index is 0.138. The summed E-state index contributed by atoms with van der Waals surface area (Å²) in [7, 11) is 0. The quantitative estimate of drug-likeness (QED) is 0.499. The minimum atomic E-state index is -0.293. The molecule has 0 amide bonds. The Balaban J connectivity index is 1.50. The molecule has 0 heterocycles. The molecule has 27 heavy (non-hydrogen) atoms. The van der Waals surface area contributed by atoms with Gasteiger partial charge in [-0.1, -0.05) is 55.7 Å². The molecule has 1 saturated carbocycles. The van der Waals surface area contributed by atoms with Crippen LogP contribution in [0.25, 0.3) is 11.1 Å². The lowest BCUT2D eigenvalue weighted by Crippen LogP contribution is -2.19. The smallest absolute Gasteiger partial charge is 0.134 e. The van der Waals surface area contributed by atoms with Crippen molar-refractivity contribution in [3.63, 3.8) is 0 Å². The molecule has 0 atom stereocenters. The van der Waals surface area contributed by atoms with Crippen LogP contribution in [0.15, 0.2) is 48.0 Å². The highest BCUT2D eigenvalue weighted by molar-refractivity contribution is 5.66. The van der Waals surface area contributed by atoms with E-state index in [1.54, 1.807) is 12.1 Å². The van der Waals surface area contributed by atoms with Gasteiger partial charge in [0.1, 0.15) is 11.6 Å². The van der Waals surface area contributed by atoms with Crippen LogP contribution < -0.4 is 0 Å². The number of halogens is 2. The van der Waals surface area contributed by atoms with Gasteiger partial charge in [-0.3, -0.25) is 0 Å². The van der Waals surface area contributed by atoms with Crippen molar-refractivity contribution in [1.82, 2.24) is 0 Å². The highest BCUT2D eigenvalue weighted by atomic mass is 19.1. The largest absolute Gasteiger partial charge is 0.207 e. The molecule has 4 rings (SSSR count). The molecule has 1 fully saturated rings. The topological polar surface area (TPSA) is 0 Å². The van der Waals surface area contributed by atoms with E-state index in [0.29, 0.717) is 17.9 Å². The van der Waals surface area contributed by atoms with E-state index in [9.17, 15) is 4.39 Å². The van der Waals surface area contributed by atoms with Crippen LogP contribution in [0.2, 0.25) is 0 Å². The minimum Gasteiger partial charge on any atom is -0.207 e. The van der Waals surface area contributed by atoms with E-state index in [-0.39, 0.29) is 11.6 Å². The van der Waals surface area contributed by atoms with Crippen molar-refractivity contribution in [3.05, 3.63) is 70.8 Å². The third-order valence-electron chi connectivity index (χ3n) is 6.53. The van der Waals surface area contributed by atoms with E-state index < -0.39 is 0 Å². The fourth-order valence-electron chi connectivity index (χ4n) is 4.97. The van der Waals surface area contributed by atoms with Gasteiger partial charge in [-0.05, 0) is 79.2 Å². The first-order valence-corrected chi connectivity index (χ1v) is 10.4. The standard InChI is InChI=1S/C25H28F2/c1-2-3-17-4-6-18(7-5-17)20-10-14-24-21(16-20)11-15-23(25(24)27)19-8-12-22(26)13-9-19/h8-13,15,17-18H,2-7,14,16H2,1H3. The highest BCUT2D eigenvalue weighted by Gasteiger charge is 2.26. The summed E-state index contributed by atoms with van der Waals surface area (Å²) in [5.41, 5.74) is 4.78. The number of fused-ring (bicyclic) bond motifs is 1. The zero-order chi connectivity index (χ0) is 18.8. The van der Waals surface area contributed by atoms with Crippen LogP contribution in [-0.4, -0.2) is 0 Å². The third-order valence-corrected chi connectivity index (χ3v) is 6.53. The van der Waals surface area contributed by atoms with Crippen molar-refractivity contribution in [3.8, 4) is 11.1 Å². The monoisotopic (exact) mass is 366 g/mol. The Kier molecular flexibility index (Phi) is 5.43. The van der Waals surface area contributed by atoms with Crippen LogP contribution in [0.4, 0.5) is 8.78 Å². The van der Waals surface area contributed by atoms with E-state index in [4.69, 9.17) is 0 Å². The second-order valence-corrected chi connectivity index (χ2v) is 8.24. The Labute approximate surface area is 161 Å². The lowest BCUT2D eigenvalue weighted by molar-refractivity contribution is 0.283. The first kappa shape index (κ1) is 18.4. The number of rotatable bonds is 4. The van der Waals surface area contributed by atoms with Crippen molar-refractivity contribution in [2.75, 3.05) is 0 Å². The van der Waals surface area contributed by atoms with E-state index >= 15 is 4.39 Å². The van der Waals surface area contributed by atoms with Crippen LogP contribution in [0, 0.1) is 23.5 Å². The molecular formula is C25H28F2. The van der Waals surface area contributed by atoms with Gasteiger partial charge in [-0.2, -0.15) is 0 Å². The van der Waals surface area contributed by atoms with Gasteiger partial charge in [0.15, 0.2) is 0 Å². The molecule has 2 aromatic carbocycles. The van der Waals surface area contributed by atoms with Crippen molar-refractivity contribution in [2.45, 2.75) is 58.3 Å². The summed E-state index contributed by atoms with van der Waals surface area (Å²) < 4.78 is 28.3. The average Bonchev–Trinajstić information content (AvgIpc) is 2.70. The first-order valence-electron chi connectivity index (χ1n) is 10.4. The molecule has 142 valence electrons. The average molecular weight is 366 g/mol. The van der Waals surface area contributed by atoms with Gasteiger partial charge >= 0.3 is 0 Å². The summed E-state index contributed by atoms with van der Waals surface area (Å²) in [6.07, 6.45) is 11.8. The predicted octanol–water partition coefficient (Wildman–Crippen LogP) is 7.26. The van der Waals surface area contributed by atoms with E-state index in [1.807, 2.05) is 6.07 Å². The number of allylic oxidation sites excluding steroid dienone is 2. The Morgan fingerprint density at radius 2 is 1.67 bits per heavy atom. The second kappa shape index (κ2) is 7.96. The SMILES string of the molecule is CCCC1CCC(C2=CCc3c(ccc(-c4ccc(F)cc4)c3F)C2)CC1. The van der Waals surface area contributed by atoms with Gasteiger partial charge < -0.3 is 0 Å². The second-order valence-electron chi connectivity index (χ2n) is 8.24. The van der Waals surface area contributed by atoms with Crippen molar-refractivity contribution >= 4 is 0 Å². The summed E-state index contributed by atoms with van der Waals surface area (Å²) in [6, 6.07) is 10.0. The first-order chi connectivity index (χ1) is 13.2. The maximum atomic E-state index is 15.1. The zero-order valence-corrected chi connectivity index (χ0v) is 16.1. The maximum absolute atomic E-state index is 15.1. The van der Waals surface area contributed by atoms with Crippen LogP contribution >= 0.6 is 0 Å². The fraction of sp³-hybridized carbons (Fsp3) is 0.440. The van der Waals surface area contributed by atoms with Crippen molar-refractivity contribution in [2.24, 2.45) is 11.8 Å². The molecular weight excluding hydrogens is 338 g/mol. The van der Waals surface area contributed by atoms with Gasteiger partial charge in [0, 0.05) is 5.56 Å². The molecule has 2 aliphatic rings. The predicted molar refractivity (Wildman–Crippen MR) is 108 cm³/mol. The Hall–Kier alpha value is -1.96. The Morgan fingerprint density at radius 1 is 0.926 bits per heavy atom. The van der Waals surface area contributed by atoms with Crippen LogP contribution in [-0.2, 0) is 12.8 Å². The maximum Gasteiger partial charge on any atom is 0.134 e. The molecule has 0 spiro atoms. The summed E-state index contributed by atoms with van der Waals surface area (Å²) >= 11 is 0. The molecule has 0 bridgehead atoms. The van der Waals surface area contributed by atoms with Gasteiger partial charge in [-0.15, -0.1) is 0 Å². The molecule has 0 aromatic heterocycles. The molecule has 0 radical (unpaired) electrons. The highest BCUT2D eigenvalue weighted by Crippen LogP contribution is 2.39. The molecule has 0 unspecified atom stereocenters. The molecule has 0 nitrogen and oxygen atoms in total. The lowest BCUT2D eigenvalue weighted by Gasteiger charge is -2.32. The van der Waals surface area contributed by atoms with E-state index in [1.165, 1.54) is 56.2 Å². The van der Waals surface area contributed by atoms with Gasteiger partial charge in [0.05, 0.1) is 0 Å². The van der Waals surface area contributed by atoms with Crippen molar-refractivity contribution in [1.29, 1.82) is 0 Å². The third kappa shape index (κ3) is 3.85. The van der Waals surface area contributed by atoms with Gasteiger partial charge in [0.25, 0.3) is 0 Å². The molecule has 2 aliphatic carbocycles.